The van der Waals surface area contributed by atoms with Gasteiger partial charge in [0.1, 0.15) is 11.5 Å². The van der Waals surface area contributed by atoms with Crippen LogP contribution in [0.25, 0.3) is 17.5 Å². The number of nitro benzene ring substituents is 1. The molecule has 3 aromatic rings. The van der Waals surface area contributed by atoms with Gasteiger partial charge >= 0.3 is 0 Å². The number of benzene rings is 2. The van der Waals surface area contributed by atoms with Crippen molar-refractivity contribution in [3.8, 4) is 11.5 Å². The van der Waals surface area contributed by atoms with Crippen LogP contribution in [0.5, 0.6) is 0 Å². The second-order valence-corrected chi connectivity index (χ2v) is 9.21. The Bertz CT molecular complexity index is 1340. The minimum absolute atomic E-state index is 0.0327. The van der Waals surface area contributed by atoms with E-state index < -0.39 is 4.92 Å². The molecular weight excluding hydrogens is 547 g/mol. The van der Waals surface area contributed by atoms with Crippen LogP contribution >= 0.6 is 20.7 Å². The molecule has 0 unspecified atom stereocenters. The van der Waals surface area contributed by atoms with Crippen molar-refractivity contribution in [3.63, 3.8) is 0 Å². The quantitative estimate of drug-likeness (QED) is 0.136. The minimum atomic E-state index is -0.456. The molecule has 172 valence electrons. The van der Waals surface area contributed by atoms with Gasteiger partial charge < -0.3 is 14.6 Å². The van der Waals surface area contributed by atoms with Crippen LogP contribution in [-0.2, 0) is 11.2 Å². The minimum Gasteiger partial charge on any atom is -0.441 e. The van der Waals surface area contributed by atoms with Gasteiger partial charge in [-0.2, -0.15) is 0 Å². The third-order valence-electron chi connectivity index (χ3n) is 4.96. The number of halogens is 1. The molecule has 2 heterocycles. The molecule has 1 aliphatic rings. The summed E-state index contributed by atoms with van der Waals surface area (Å²) in [4.78, 5) is 30.1. The largest absolute Gasteiger partial charge is 0.441 e. The molecule has 1 N–H and O–H groups in total. The van der Waals surface area contributed by atoms with Crippen molar-refractivity contribution >= 4 is 42.5 Å². The Hall–Kier alpha value is -3.82. The summed E-state index contributed by atoms with van der Waals surface area (Å²) >= 11 is -0.370. The molecule has 4 rings (SSSR count). The number of nitrogens with one attached hydrogen (secondary N) is 1. The fourth-order valence-corrected chi connectivity index (χ4v) is 4.61. The molecule has 9 heteroatoms. The molecule has 0 radical (unpaired) electrons. The van der Waals surface area contributed by atoms with Crippen LogP contribution < -0.4 is 5.32 Å². The van der Waals surface area contributed by atoms with E-state index in [1.165, 1.54) is 12.1 Å². The summed E-state index contributed by atoms with van der Waals surface area (Å²) in [6, 6.07) is 15.8. The zero-order valence-corrected chi connectivity index (χ0v) is 20.4. The number of aromatic nitrogens is 1. The van der Waals surface area contributed by atoms with Crippen LogP contribution in [0.2, 0.25) is 0 Å². The Kier molecular flexibility index (Phi) is 7.46. The Morgan fingerprint density at radius 2 is 2.09 bits per heavy atom. The maximum Gasteiger partial charge on any atom is 0.270 e. The summed E-state index contributed by atoms with van der Waals surface area (Å²) in [7, 11) is 0. The molecule has 1 amide bonds. The Balaban J connectivity index is 1.49. The van der Waals surface area contributed by atoms with Crippen LogP contribution in [-0.4, -0.2) is 31.4 Å². The van der Waals surface area contributed by atoms with E-state index in [-0.39, 0.29) is 32.3 Å². The highest BCUT2D eigenvalue weighted by Gasteiger charge is 2.17. The highest BCUT2D eigenvalue weighted by atomic mass is 127. The number of carbonyl (C=O) groups excluding carboxylic acids is 1. The van der Waals surface area contributed by atoms with Gasteiger partial charge in [0.2, 0.25) is 5.89 Å². The molecule has 0 aliphatic carbocycles. The second kappa shape index (κ2) is 10.9. The van der Waals surface area contributed by atoms with Crippen LogP contribution in [0.1, 0.15) is 17.0 Å². The summed E-state index contributed by atoms with van der Waals surface area (Å²) in [6.45, 7) is 2.21. The lowest BCUT2D eigenvalue weighted by Crippen LogP contribution is -2.33. The van der Waals surface area contributed by atoms with E-state index in [0.717, 1.165) is 11.3 Å². The number of oxazole rings is 1. The predicted molar refractivity (Wildman–Crippen MR) is 139 cm³/mol. The number of carbonyl (C=O) groups is 1. The van der Waals surface area contributed by atoms with Crippen molar-refractivity contribution in [3.05, 3.63) is 103 Å². The van der Waals surface area contributed by atoms with Crippen molar-refractivity contribution in [2.24, 2.45) is 0 Å². The molecule has 0 saturated heterocycles. The molecular formula is C25H21IN4O4. The zero-order chi connectivity index (χ0) is 23.9. The zero-order valence-electron chi connectivity index (χ0n) is 18.3. The Morgan fingerprint density at radius 1 is 1.26 bits per heavy atom. The normalized spacial score (nSPS) is 13.0. The van der Waals surface area contributed by atoms with Crippen LogP contribution in [0.3, 0.4) is 0 Å². The number of hydrogen-bond donors (Lipinski definition) is 1. The van der Waals surface area contributed by atoms with Gasteiger partial charge in [-0.05, 0) is 30.7 Å². The van der Waals surface area contributed by atoms with E-state index >= 15 is 0 Å². The Morgan fingerprint density at radius 3 is 2.82 bits per heavy atom. The smallest absolute Gasteiger partial charge is 0.270 e. The van der Waals surface area contributed by atoms with E-state index in [1.54, 1.807) is 29.3 Å². The van der Waals surface area contributed by atoms with E-state index in [0.29, 0.717) is 35.9 Å². The Labute approximate surface area is 206 Å². The first-order valence-electron chi connectivity index (χ1n) is 10.4. The molecule has 0 bridgehead atoms. The second-order valence-electron chi connectivity index (χ2n) is 7.31. The highest BCUT2D eigenvalue weighted by molar-refractivity contribution is 14.2. The first kappa shape index (κ1) is 23.3. The van der Waals surface area contributed by atoms with Gasteiger partial charge in [-0.25, -0.2) is 4.98 Å². The molecule has 2 aromatic carbocycles. The van der Waals surface area contributed by atoms with Crippen molar-refractivity contribution in [2.75, 3.05) is 6.54 Å². The lowest BCUT2D eigenvalue weighted by atomic mass is 10.1. The van der Waals surface area contributed by atoms with Crippen LogP contribution in [0.4, 0.5) is 5.69 Å². The van der Waals surface area contributed by atoms with Gasteiger partial charge in [0, 0.05) is 38.9 Å². The fraction of sp³-hybridized carbons (Fsp3) is 0.120. The number of amides is 1. The molecule has 0 spiro atoms. The number of hydrogen-bond acceptors (Lipinski definition) is 6. The lowest BCUT2D eigenvalue weighted by molar-refractivity contribution is -0.384. The average molecular weight is 568 g/mol. The van der Waals surface area contributed by atoms with Gasteiger partial charge in [-0.3, -0.25) is 14.9 Å². The van der Waals surface area contributed by atoms with Crippen molar-refractivity contribution in [1.29, 1.82) is 0 Å². The van der Waals surface area contributed by atoms with Gasteiger partial charge in [-0.15, -0.1) is 0 Å². The number of aryl methyl sites for hydroxylation is 1. The molecule has 34 heavy (non-hydrogen) atoms. The van der Waals surface area contributed by atoms with Gasteiger partial charge in [0.25, 0.3) is 11.6 Å². The van der Waals surface area contributed by atoms with E-state index in [9.17, 15) is 14.9 Å². The number of nitrogens with zero attached hydrogens (tertiary/aromatic N) is 3. The summed E-state index contributed by atoms with van der Waals surface area (Å²) < 4.78 is 9.70. The number of non-ortho nitro benzene ring substituents is 1. The maximum absolute atomic E-state index is 13.1. The molecule has 0 saturated carbocycles. The number of nitro groups is 1. The van der Waals surface area contributed by atoms with E-state index in [4.69, 9.17) is 4.42 Å². The van der Waals surface area contributed by atoms with Crippen molar-refractivity contribution in [1.82, 2.24) is 15.2 Å². The van der Waals surface area contributed by atoms with Gasteiger partial charge in [0.15, 0.2) is 0 Å². The van der Waals surface area contributed by atoms with E-state index in [1.807, 2.05) is 45.5 Å². The predicted octanol–water partition coefficient (Wildman–Crippen LogP) is 4.93. The maximum atomic E-state index is 13.1. The third-order valence-corrected chi connectivity index (χ3v) is 6.60. The summed E-state index contributed by atoms with van der Waals surface area (Å²) in [5.74, 6) is 0.966. The lowest BCUT2D eigenvalue weighted by Gasteiger charge is -2.19. The fourth-order valence-electron chi connectivity index (χ4n) is 3.28. The third kappa shape index (κ3) is 5.75. The van der Waals surface area contributed by atoms with Crippen LogP contribution in [0.15, 0.2) is 80.7 Å². The summed E-state index contributed by atoms with van der Waals surface area (Å²) in [5, 5.41) is 14.1. The van der Waals surface area contributed by atoms with Crippen molar-refractivity contribution < 1.29 is 14.1 Å². The molecule has 0 atom stereocenters. The molecule has 8 nitrogen and oxygen atoms in total. The van der Waals surface area contributed by atoms with Gasteiger partial charge in [0.05, 0.1) is 16.8 Å². The van der Waals surface area contributed by atoms with Crippen molar-refractivity contribution in [2.45, 2.75) is 13.3 Å². The molecule has 0 fully saturated rings. The molecule has 1 aliphatic heterocycles. The average Bonchev–Trinajstić information content (AvgIpc) is 3.24. The van der Waals surface area contributed by atoms with E-state index in [2.05, 4.69) is 16.0 Å². The number of rotatable bonds is 8. The first-order valence-corrected chi connectivity index (χ1v) is 12.9. The van der Waals surface area contributed by atoms with Crippen LogP contribution in [0, 0.1) is 17.0 Å². The highest BCUT2D eigenvalue weighted by Crippen LogP contribution is 2.22. The topological polar surface area (TPSA) is 102 Å². The van der Waals surface area contributed by atoms with Gasteiger partial charge in [-0.1, -0.05) is 56.8 Å². The first-order chi connectivity index (χ1) is 16.5. The summed E-state index contributed by atoms with van der Waals surface area (Å²) in [5.41, 5.74) is 5.60. The molecule has 1 aromatic heterocycles. The monoisotopic (exact) mass is 568 g/mol. The SMILES string of the molecule is Cc1oc(-c2ccccc2)nc1CCNC(=O)/C(=C/c1cccc([N+](=O)[O-])c1)N1C=C=CI=C1. The summed E-state index contributed by atoms with van der Waals surface area (Å²) in [6.07, 6.45) is 3.82. The standard InChI is InChI=1S/C25H21IN4O4/c1-18-22(28-25(34-18)20-8-3-2-4-9-20)11-13-27-24(31)23(29-14-6-12-26-17-29)16-19-7-5-10-21(15-19)30(32)33/h2-5,7-10,12,14-17H,11,13H2,1H3,(H,27,31)/b23-16-.